The molecule has 26 heavy (non-hydrogen) atoms. The van der Waals surface area contributed by atoms with Crippen molar-refractivity contribution in [2.45, 2.75) is 6.54 Å². The molecule has 1 amide bonds. The molecule has 4 aromatic rings. The van der Waals surface area contributed by atoms with E-state index in [1.807, 2.05) is 30.3 Å². The summed E-state index contributed by atoms with van der Waals surface area (Å²) in [7, 11) is 0. The molecule has 128 valence electrons. The van der Waals surface area contributed by atoms with E-state index in [1.165, 1.54) is 0 Å². The van der Waals surface area contributed by atoms with Crippen LogP contribution in [0.4, 0.5) is 0 Å². The number of nitrogens with one attached hydrogen (secondary N) is 1. The van der Waals surface area contributed by atoms with Crippen molar-refractivity contribution in [3.63, 3.8) is 0 Å². The minimum absolute atomic E-state index is 0.134. The van der Waals surface area contributed by atoms with Crippen molar-refractivity contribution in [2.24, 2.45) is 0 Å². The van der Waals surface area contributed by atoms with Crippen LogP contribution in [0.25, 0.3) is 23.0 Å². The minimum Gasteiger partial charge on any atom is -0.459 e. The number of nitrogens with zero attached hydrogens (tertiary/aromatic N) is 2. The van der Waals surface area contributed by atoms with E-state index in [-0.39, 0.29) is 5.91 Å². The molecule has 2 aromatic heterocycles. The van der Waals surface area contributed by atoms with Crippen LogP contribution < -0.4 is 5.32 Å². The molecule has 4 rings (SSSR count). The van der Waals surface area contributed by atoms with E-state index >= 15 is 0 Å². The van der Waals surface area contributed by atoms with E-state index in [2.05, 4.69) is 15.5 Å². The first-order valence-electron chi connectivity index (χ1n) is 8.10. The van der Waals surface area contributed by atoms with Gasteiger partial charge in [0, 0.05) is 17.7 Å². The number of hydrogen-bond acceptors (Lipinski definition) is 5. The van der Waals surface area contributed by atoms with E-state index in [9.17, 15) is 4.79 Å². The molecule has 0 unspecified atom stereocenters. The molecule has 0 fully saturated rings. The van der Waals surface area contributed by atoms with E-state index in [0.29, 0.717) is 29.6 Å². The average Bonchev–Trinajstić information content (AvgIpc) is 3.38. The molecule has 0 saturated heterocycles. The fourth-order valence-electron chi connectivity index (χ4n) is 2.49. The lowest BCUT2D eigenvalue weighted by Gasteiger charge is -2.05. The van der Waals surface area contributed by atoms with E-state index in [4.69, 9.17) is 8.94 Å². The number of carbonyl (C=O) groups excluding carboxylic acids is 1. The summed E-state index contributed by atoms with van der Waals surface area (Å²) in [6.07, 6.45) is 1.54. The summed E-state index contributed by atoms with van der Waals surface area (Å²) in [6.45, 7) is 0.485. The molecule has 0 aliphatic heterocycles. The predicted molar refractivity (Wildman–Crippen MR) is 95.0 cm³/mol. The number of hydrogen-bond donors (Lipinski definition) is 1. The Morgan fingerprint density at radius 3 is 2.50 bits per heavy atom. The van der Waals surface area contributed by atoms with Crippen LogP contribution in [-0.2, 0) is 6.54 Å². The Morgan fingerprint density at radius 1 is 0.962 bits per heavy atom. The Balaban J connectivity index is 1.44. The molecule has 2 aromatic carbocycles. The summed E-state index contributed by atoms with van der Waals surface area (Å²) in [4.78, 5) is 16.6. The Labute approximate surface area is 149 Å². The molecule has 0 spiro atoms. The van der Waals surface area contributed by atoms with Gasteiger partial charge in [-0.2, -0.15) is 4.98 Å². The first-order valence-corrected chi connectivity index (χ1v) is 8.10. The van der Waals surface area contributed by atoms with Crippen LogP contribution in [0.1, 0.15) is 15.9 Å². The van der Waals surface area contributed by atoms with Crippen molar-refractivity contribution in [1.82, 2.24) is 15.5 Å². The highest BCUT2D eigenvalue weighted by molar-refractivity contribution is 5.94. The van der Waals surface area contributed by atoms with Crippen LogP contribution in [0.2, 0.25) is 0 Å². The molecule has 6 nitrogen and oxygen atoms in total. The normalized spacial score (nSPS) is 10.6. The van der Waals surface area contributed by atoms with Gasteiger partial charge in [-0.15, -0.1) is 0 Å². The van der Waals surface area contributed by atoms with Crippen LogP contribution in [0.5, 0.6) is 0 Å². The van der Waals surface area contributed by atoms with Gasteiger partial charge in [-0.3, -0.25) is 4.79 Å². The molecule has 0 atom stereocenters. The lowest BCUT2D eigenvalue weighted by Crippen LogP contribution is -2.22. The van der Waals surface area contributed by atoms with Gasteiger partial charge in [0.05, 0.1) is 6.26 Å². The lowest BCUT2D eigenvalue weighted by molar-refractivity contribution is 0.0951. The Morgan fingerprint density at radius 2 is 1.77 bits per heavy atom. The van der Waals surface area contributed by atoms with Gasteiger partial charge in [0.25, 0.3) is 11.8 Å². The molecule has 0 aliphatic carbocycles. The number of benzene rings is 2. The second-order valence-corrected chi connectivity index (χ2v) is 5.65. The van der Waals surface area contributed by atoms with E-state index < -0.39 is 0 Å². The zero-order chi connectivity index (χ0) is 17.8. The molecule has 0 saturated carbocycles. The van der Waals surface area contributed by atoms with Gasteiger partial charge in [0.15, 0.2) is 5.76 Å². The van der Waals surface area contributed by atoms with E-state index in [1.54, 1.807) is 42.7 Å². The van der Waals surface area contributed by atoms with Gasteiger partial charge in [-0.05, 0) is 29.8 Å². The highest BCUT2D eigenvalue weighted by Crippen LogP contribution is 2.22. The molecule has 0 radical (unpaired) electrons. The van der Waals surface area contributed by atoms with E-state index in [0.717, 1.165) is 11.1 Å². The number of rotatable bonds is 5. The number of amides is 1. The summed E-state index contributed by atoms with van der Waals surface area (Å²) in [6, 6.07) is 20.3. The molecule has 0 aliphatic rings. The van der Waals surface area contributed by atoms with Crippen LogP contribution in [0.3, 0.4) is 0 Å². The molecule has 6 heteroatoms. The summed E-state index contributed by atoms with van der Waals surface area (Å²) >= 11 is 0. The predicted octanol–water partition coefficient (Wildman–Crippen LogP) is 3.93. The highest BCUT2D eigenvalue weighted by atomic mass is 16.5. The maximum Gasteiger partial charge on any atom is 0.293 e. The third kappa shape index (κ3) is 3.39. The van der Waals surface area contributed by atoms with Crippen LogP contribution in [-0.4, -0.2) is 16.0 Å². The minimum atomic E-state index is -0.134. The molecule has 1 N–H and O–H groups in total. The third-order valence-corrected chi connectivity index (χ3v) is 3.86. The van der Waals surface area contributed by atoms with Crippen LogP contribution in [0.15, 0.2) is 81.9 Å². The Bertz CT molecular complexity index is 990. The van der Waals surface area contributed by atoms with Crippen molar-refractivity contribution in [3.8, 4) is 23.0 Å². The molecular formula is C20H15N3O3. The van der Waals surface area contributed by atoms with Crippen LogP contribution in [0, 0.1) is 0 Å². The number of carbonyl (C=O) groups is 1. The van der Waals surface area contributed by atoms with Gasteiger partial charge in [-0.25, -0.2) is 0 Å². The van der Waals surface area contributed by atoms with Gasteiger partial charge in [-0.1, -0.05) is 47.6 Å². The second kappa shape index (κ2) is 7.06. The molecule has 0 bridgehead atoms. The van der Waals surface area contributed by atoms with Crippen molar-refractivity contribution < 1.29 is 13.7 Å². The summed E-state index contributed by atoms with van der Waals surface area (Å²) in [5, 5.41) is 6.84. The maximum absolute atomic E-state index is 12.3. The second-order valence-electron chi connectivity index (χ2n) is 5.65. The number of aromatic nitrogens is 2. The maximum atomic E-state index is 12.3. The Hall–Kier alpha value is -3.67. The third-order valence-electron chi connectivity index (χ3n) is 3.86. The van der Waals surface area contributed by atoms with Gasteiger partial charge in [0.2, 0.25) is 5.82 Å². The monoisotopic (exact) mass is 345 g/mol. The Kier molecular flexibility index (Phi) is 4.30. The zero-order valence-corrected chi connectivity index (χ0v) is 13.8. The van der Waals surface area contributed by atoms with Crippen LogP contribution >= 0.6 is 0 Å². The first-order chi connectivity index (χ1) is 12.8. The molecular weight excluding hydrogens is 330 g/mol. The van der Waals surface area contributed by atoms with Gasteiger partial charge < -0.3 is 14.3 Å². The fourth-order valence-corrected chi connectivity index (χ4v) is 2.49. The van der Waals surface area contributed by atoms with Crippen molar-refractivity contribution in [1.29, 1.82) is 0 Å². The smallest absolute Gasteiger partial charge is 0.293 e. The quantitative estimate of drug-likeness (QED) is 0.593. The lowest BCUT2D eigenvalue weighted by atomic mass is 10.1. The van der Waals surface area contributed by atoms with Gasteiger partial charge in [0.1, 0.15) is 0 Å². The SMILES string of the molecule is O=C(NCc1ccccc1)c1ccc(-c2noc(-c3ccco3)n2)cc1. The summed E-state index contributed by atoms with van der Waals surface area (Å²) in [5.41, 5.74) is 2.38. The van der Waals surface area contributed by atoms with Gasteiger partial charge >= 0.3 is 0 Å². The highest BCUT2D eigenvalue weighted by Gasteiger charge is 2.13. The zero-order valence-electron chi connectivity index (χ0n) is 13.8. The first kappa shape index (κ1) is 15.8. The van der Waals surface area contributed by atoms with Crippen molar-refractivity contribution >= 4 is 5.91 Å². The molecule has 2 heterocycles. The standard InChI is InChI=1S/C20H15N3O3/c24-19(21-13-14-5-2-1-3-6-14)16-10-8-15(9-11-16)18-22-20(26-23-18)17-7-4-12-25-17/h1-12H,13H2,(H,21,24). The topological polar surface area (TPSA) is 81.2 Å². The largest absolute Gasteiger partial charge is 0.459 e. The van der Waals surface area contributed by atoms with Crippen molar-refractivity contribution in [3.05, 3.63) is 84.1 Å². The number of furan rings is 1. The summed E-state index contributed by atoms with van der Waals surface area (Å²) in [5.74, 6) is 1.13. The summed E-state index contributed by atoms with van der Waals surface area (Å²) < 4.78 is 10.4. The fraction of sp³-hybridized carbons (Fsp3) is 0.0500. The average molecular weight is 345 g/mol. The van der Waals surface area contributed by atoms with Crippen molar-refractivity contribution in [2.75, 3.05) is 0 Å².